The molecule has 1 atom stereocenters. The average Bonchev–Trinajstić information content (AvgIpc) is 2.86. The highest BCUT2D eigenvalue weighted by Crippen LogP contribution is 2.40. The van der Waals surface area contributed by atoms with Crippen LogP contribution in [0.3, 0.4) is 0 Å². The summed E-state index contributed by atoms with van der Waals surface area (Å²) >= 11 is 0. The predicted octanol–water partition coefficient (Wildman–Crippen LogP) is 4.19. The van der Waals surface area contributed by atoms with Crippen LogP contribution in [0.25, 0.3) is 0 Å². The Kier molecular flexibility index (Phi) is 5.54. The molecule has 1 heterocycles. The number of aromatic hydroxyl groups is 1. The van der Waals surface area contributed by atoms with Gasteiger partial charge in [0.1, 0.15) is 5.75 Å². The van der Waals surface area contributed by atoms with E-state index < -0.39 is 6.10 Å². The summed E-state index contributed by atoms with van der Waals surface area (Å²) in [5.41, 5.74) is 2.72. The van der Waals surface area contributed by atoms with Crippen molar-refractivity contribution in [1.29, 1.82) is 0 Å². The quantitative estimate of drug-likeness (QED) is 0.743. The van der Waals surface area contributed by atoms with Crippen molar-refractivity contribution in [3.05, 3.63) is 64.2 Å². The smallest absolute Gasteiger partial charge is 0.261 e. The number of aliphatic hydroxyl groups is 1. The van der Waals surface area contributed by atoms with Crippen molar-refractivity contribution >= 4 is 11.8 Å². The molecule has 30 heavy (non-hydrogen) atoms. The van der Waals surface area contributed by atoms with Crippen LogP contribution in [0.5, 0.6) is 5.75 Å². The Morgan fingerprint density at radius 1 is 0.867 bits per heavy atom. The fourth-order valence-corrected chi connectivity index (χ4v) is 3.91. The molecule has 2 amide bonds. The van der Waals surface area contributed by atoms with E-state index in [1.807, 2.05) is 53.7 Å². The zero-order valence-electron chi connectivity index (χ0n) is 18.6. The van der Waals surface area contributed by atoms with Crippen molar-refractivity contribution in [2.24, 2.45) is 0 Å². The molecule has 0 saturated heterocycles. The van der Waals surface area contributed by atoms with Crippen LogP contribution >= 0.6 is 0 Å². The van der Waals surface area contributed by atoms with Gasteiger partial charge in [-0.1, -0.05) is 65.8 Å². The third-order valence-electron chi connectivity index (χ3n) is 5.53. The van der Waals surface area contributed by atoms with E-state index in [0.29, 0.717) is 11.1 Å². The molecule has 5 nitrogen and oxygen atoms in total. The molecule has 1 aliphatic heterocycles. The van der Waals surface area contributed by atoms with Gasteiger partial charge >= 0.3 is 0 Å². The van der Waals surface area contributed by atoms with Crippen LogP contribution in [0.2, 0.25) is 0 Å². The molecule has 0 saturated carbocycles. The van der Waals surface area contributed by atoms with E-state index in [0.717, 1.165) is 21.6 Å². The van der Waals surface area contributed by atoms with Gasteiger partial charge in [0.25, 0.3) is 11.8 Å². The summed E-state index contributed by atoms with van der Waals surface area (Å²) in [6, 6.07) is 10.5. The molecule has 0 aliphatic carbocycles. The first-order valence-electron chi connectivity index (χ1n) is 10.3. The number of phenolic OH excluding ortho intramolecular Hbond substituents is 1. The minimum absolute atomic E-state index is 0.0665. The van der Waals surface area contributed by atoms with Crippen LogP contribution in [0.1, 0.15) is 78.9 Å². The maximum absolute atomic E-state index is 12.6. The number of β-amino-alcohol motifs (C(OH)–C–C–N with tert-alkyl or cyclic N) is 1. The topological polar surface area (TPSA) is 77.8 Å². The van der Waals surface area contributed by atoms with Gasteiger partial charge in [0.15, 0.2) is 0 Å². The second-order valence-electron chi connectivity index (χ2n) is 10.2. The van der Waals surface area contributed by atoms with Crippen LogP contribution in [-0.2, 0) is 17.3 Å². The number of rotatable bonds is 4. The zero-order valence-corrected chi connectivity index (χ0v) is 18.6. The number of carbonyl (C=O) groups is 2. The minimum atomic E-state index is -0.905. The second-order valence-corrected chi connectivity index (χ2v) is 10.2. The molecule has 2 aromatic carbocycles. The van der Waals surface area contributed by atoms with E-state index >= 15 is 0 Å². The van der Waals surface area contributed by atoms with E-state index in [1.54, 1.807) is 24.3 Å². The molecule has 1 aliphatic rings. The molecule has 0 aromatic heterocycles. The monoisotopic (exact) mass is 409 g/mol. The number of hydrogen-bond donors (Lipinski definition) is 2. The zero-order chi connectivity index (χ0) is 22.4. The predicted molar refractivity (Wildman–Crippen MR) is 117 cm³/mol. The molecule has 1 unspecified atom stereocenters. The van der Waals surface area contributed by atoms with Crippen LogP contribution in [0.15, 0.2) is 36.4 Å². The summed E-state index contributed by atoms with van der Waals surface area (Å²) in [5.74, 6) is -0.453. The van der Waals surface area contributed by atoms with E-state index in [9.17, 15) is 19.8 Å². The Morgan fingerprint density at radius 2 is 1.30 bits per heavy atom. The van der Waals surface area contributed by atoms with Crippen LogP contribution in [0.4, 0.5) is 0 Å². The van der Waals surface area contributed by atoms with E-state index in [1.165, 1.54) is 0 Å². The van der Waals surface area contributed by atoms with Crippen LogP contribution in [-0.4, -0.2) is 39.6 Å². The average molecular weight is 410 g/mol. The lowest BCUT2D eigenvalue weighted by atomic mass is 9.78. The van der Waals surface area contributed by atoms with Crippen molar-refractivity contribution in [1.82, 2.24) is 4.90 Å². The molecular formula is C25H31NO4. The summed E-state index contributed by atoms with van der Waals surface area (Å²) in [6.07, 6.45) is -0.628. The molecule has 2 aromatic rings. The number of fused-ring (bicyclic) bond motifs is 1. The summed E-state index contributed by atoms with van der Waals surface area (Å²) in [6.45, 7) is 12.1. The Bertz CT molecular complexity index is 925. The lowest BCUT2D eigenvalue weighted by Gasteiger charge is -2.29. The lowest BCUT2D eigenvalue weighted by molar-refractivity contribution is 0.0544. The molecule has 3 rings (SSSR count). The number of hydrogen-bond acceptors (Lipinski definition) is 4. The molecule has 0 spiro atoms. The molecular weight excluding hydrogens is 378 g/mol. The number of aliphatic hydroxyl groups excluding tert-OH is 1. The van der Waals surface area contributed by atoms with Gasteiger partial charge in [0.05, 0.1) is 23.8 Å². The van der Waals surface area contributed by atoms with Crippen molar-refractivity contribution in [2.75, 3.05) is 6.54 Å². The molecule has 160 valence electrons. The molecule has 0 bridgehead atoms. The molecule has 2 N–H and O–H groups in total. The number of benzene rings is 2. The van der Waals surface area contributed by atoms with Crippen molar-refractivity contribution in [3.8, 4) is 5.75 Å². The third-order valence-corrected chi connectivity index (χ3v) is 5.53. The number of imide groups is 1. The van der Waals surface area contributed by atoms with Gasteiger partial charge in [-0.15, -0.1) is 0 Å². The van der Waals surface area contributed by atoms with E-state index in [-0.39, 0.29) is 41.4 Å². The summed E-state index contributed by atoms with van der Waals surface area (Å²) in [5, 5.41) is 21.6. The standard InChI is InChI=1S/C25H31NO4/c1-24(2,3)19-12-15(13-20(21(19)28)25(4,5)6)11-16(27)14-26-22(29)17-9-7-8-10-18(17)23(26)30/h7-10,12-13,16,27-28H,11,14H2,1-6H3. The molecule has 0 fully saturated rings. The highest BCUT2D eigenvalue weighted by atomic mass is 16.3. The fourth-order valence-electron chi connectivity index (χ4n) is 3.91. The van der Waals surface area contributed by atoms with Crippen LogP contribution in [0, 0.1) is 0 Å². The number of amides is 2. The largest absolute Gasteiger partial charge is 0.507 e. The lowest BCUT2D eigenvalue weighted by Crippen LogP contribution is -2.37. The van der Waals surface area contributed by atoms with Gasteiger partial charge in [0.2, 0.25) is 0 Å². The first-order chi connectivity index (χ1) is 13.8. The van der Waals surface area contributed by atoms with Gasteiger partial charge < -0.3 is 10.2 Å². The number of phenols is 1. The first kappa shape index (κ1) is 22.0. The normalized spacial score (nSPS) is 15.5. The van der Waals surface area contributed by atoms with Crippen molar-refractivity contribution in [3.63, 3.8) is 0 Å². The highest BCUT2D eigenvalue weighted by molar-refractivity contribution is 6.21. The third kappa shape index (κ3) is 4.12. The summed E-state index contributed by atoms with van der Waals surface area (Å²) in [7, 11) is 0. The number of nitrogens with zero attached hydrogens (tertiary/aromatic N) is 1. The van der Waals surface area contributed by atoms with Crippen LogP contribution < -0.4 is 0 Å². The SMILES string of the molecule is CC(C)(C)c1cc(CC(O)CN2C(=O)c3ccccc3C2=O)cc(C(C)(C)C)c1O. The highest BCUT2D eigenvalue weighted by Gasteiger charge is 2.36. The van der Waals surface area contributed by atoms with Gasteiger partial charge in [-0.2, -0.15) is 0 Å². The Hall–Kier alpha value is -2.66. The van der Waals surface area contributed by atoms with Crippen molar-refractivity contribution < 1.29 is 19.8 Å². The van der Waals surface area contributed by atoms with Gasteiger partial charge in [-0.05, 0) is 39.7 Å². The van der Waals surface area contributed by atoms with E-state index in [2.05, 4.69) is 0 Å². The summed E-state index contributed by atoms with van der Waals surface area (Å²) in [4.78, 5) is 26.3. The van der Waals surface area contributed by atoms with Gasteiger partial charge in [-0.3, -0.25) is 14.5 Å². The molecule has 0 radical (unpaired) electrons. The first-order valence-corrected chi connectivity index (χ1v) is 10.3. The van der Waals surface area contributed by atoms with Gasteiger partial charge in [0, 0.05) is 6.42 Å². The van der Waals surface area contributed by atoms with Gasteiger partial charge in [-0.25, -0.2) is 0 Å². The fraction of sp³-hybridized carbons (Fsp3) is 0.440. The number of carbonyl (C=O) groups excluding carboxylic acids is 2. The van der Waals surface area contributed by atoms with E-state index in [4.69, 9.17) is 0 Å². The maximum Gasteiger partial charge on any atom is 0.261 e. The second kappa shape index (κ2) is 7.55. The maximum atomic E-state index is 12.6. The Labute approximate surface area is 178 Å². The summed E-state index contributed by atoms with van der Waals surface area (Å²) < 4.78 is 0. The Morgan fingerprint density at radius 3 is 1.70 bits per heavy atom. The molecule has 5 heteroatoms. The van der Waals surface area contributed by atoms with Crippen molar-refractivity contribution in [2.45, 2.75) is 64.9 Å². The minimum Gasteiger partial charge on any atom is -0.507 e. The Balaban J connectivity index is 1.86.